The molecule has 4 aromatic rings. The summed E-state index contributed by atoms with van der Waals surface area (Å²) in [7, 11) is 3.03. The monoisotopic (exact) mass is 618 g/mol. The van der Waals surface area contributed by atoms with Crippen molar-refractivity contribution in [1.29, 1.82) is 0 Å². The Hall–Kier alpha value is -4.34. The van der Waals surface area contributed by atoms with Crippen molar-refractivity contribution in [2.24, 2.45) is 5.73 Å². The van der Waals surface area contributed by atoms with Crippen LogP contribution in [0.5, 0.6) is 0 Å². The summed E-state index contributed by atoms with van der Waals surface area (Å²) in [5.41, 5.74) is 5.63. The fraction of sp³-hybridized carbons (Fsp3) is 0.321. The first-order valence-corrected chi connectivity index (χ1v) is 13.9. The van der Waals surface area contributed by atoms with Crippen molar-refractivity contribution in [2.75, 3.05) is 39.3 Å². The van der Waals surface area contributed by atoms with E-state index < -0.39 is 29.2 Å². The molecule has 0 spiro atoms. The fourth-order valence-corrected chi connectivity index (χ4v) is 5.42. The topological polar surface area (TPSA) is 150 Å². The van der Waals surface area contributed by atoms with Crippen molar-refractivity contribution >= 4 is 40.0 Å². The number of nitrogens with two attached hydrogens (primary N) is 1. The third-order valence-electron chi connectivity index (χ3n) is 6.46. The van der Waals surface area contributed by atoms with E-state index in [1.165, 1.54) is 32.7 Å². The van der Waals surface area contributed by atoms with Crippen molar-refractivity contribution in [3.05, 3.63) is 74.6 Å². The van der Waals surface area contributed by atoms with E-state index in [2.05, 4.69) is 20.6 Å². The van der Waals surface area contributed by atoms with E-state index in [0.717, 1.165) is 16.7 Å². The van der Waals surface area contributed by atoms with E-state index in [1.807, 2.05) is 0 Å². The van der Waals surface area contributed by atoms with Crippen LogP contribution >= 0.6 is 11.3 Å². The number of hydrogen-bond acceptors (Lipinski definition) is 8. The molecule has 0 aliphatic rings. The number of nitrogens with zero attached hydrogens (tertiary/aromatic N) is 3. The van der Waals surface area contributed by atoms with Gasteiger partial charge in [-0.2, -0.15) is 13.2 Å². The standard InChI is InChI=1S/C28H29F3N6O5S/c1-4-33-27(40)36-23-9-18(26-35-22(14-43-26)28(29,30)31)16(10-34-23)7-15-5-6-21-19(8-15)24(38)20(25(32)39)11-37(21)17(12-41-2)13-42-3/h5-6,8-11,14,17H,4,7,12-13H2,1-3H3,(H2,32,39)(H2,33,34,36,40). The maximum Gasteiger partial charge on any atom is 0.434 e. The summed E-state index contributed by atoms with van der Waals surface area (Å²) < 4.78 is 52.4. The molecular formula is C28H29F3N6O5S. The smallest absolute Gasteiger partial charge is 0.382 e. The highest BCUT2D eigenvalue weighted by Gasteiger charge is 2.34. The van der Waals surface area contributed by atoms with Crippen molar-refractivity contribution in [3.63, 3.8) is 0 Å². The molecule has 0 atom stereocenters. The van der Waals surface area contributed by atoms with Crippen LogP contribution in [0.25, 0.3) is 21.5 Å². The van der Waals surface area contributed by atoms with Crippen LogP contribution in [0.1, 0.15) is 40.1 Å². The average Bonchev–Trinajstić information content (AvgIpc) is 3.45. The number of pyridine rings is 2. The molecule has 3 aromatic heterocycles. The molecule has 228 valence electrons. The number of urea groups is 1. The van der Waals surface area contributed by atoms with Crippen LogP contribution in [0.2, 0.25) is 0 Å². The molecule has 0 fully saturated rings. The van der Waals surface area contributed by atoms with Crippen LogP contribution in [0.15, 0.2) is 46.8 Å². The lowest BCUT2D eigenvalue weighted by atomic mass is 9.99. The van der Waals surface area contributed by atoms with Gasteiger partial charge in [-0.25, -0.2) is 14.8 Å². The molecule has 3 heterocycles. The van der Waals surface area contributed by atoms with Gasteiger partial charge in [0, 0.05) is 49.5 Å². The molecule has 4 rings (SSSR count). The van der Waals surface area contributed by atoms with E-state index >= 15 is 0 Å². The molecule has 0 aliphatic heterocycles. The number of thiazole rings is 1. The first-order chi connectivity index (χ1) is 20.5. The first-order valence-electron chi connectivity index (χ1n) is 13.0. The summed E-state index contributed by atoms with van der Waals surface area (Å²) >= 11 is 0.801. The van der Waals surface area contributed by atoms with Gasteiger partial charge in [-0.15, -0.1) is 11.3 Å². The molecule has 0 radical (unpaired) electrons. The number of anilines is 1. The highest BCUT2D eigenvalue weighted by atomic mass is 32.1. The highest BCUT2D eigenvalue weighted by molar-refractivity contribution is 7.13. The molecule has 4 N–H and O–H groups in total. The number of hydrogen-bond donors (Lipinski definition) is 3. The Morgan fingerprint density at radius 1 is 1.16 bits per heavy atom. The van der Waals surface area contributed by atoms with Gasteiger partial charge >= 0.3 is 12.2 Å². The van der Waals surface area contributed by atoms with E-state index in [9.17, 15) is 27.6 Å². The highest BCUT2D eigenvalue weighted by Crippen LogP contribution is 2.36. The Balaban J connectivity index is 1.83. The number of primary amides is 1. The van der Waals surface area contributed by atoms with Crippen LogP contribution in [-0.4, -0.2) is 60.5 Å². The van der Waals surface area contributed by atoms with E-state index in [0.29, 0.717) is 28.8 Å². The normalized spacial score (nSPS) is 11.7. The Morgan fingerprint density at radius 2 is 1.88 bits per heavy atom. The Labute approximate surface area is 247 Å². The molecule has 0 aliphatic carbocycles. The molecule has 43 heavy (non-hydrogen) atoms. The van der Waals surface area contributed by atoms with Crippen LogP contribution < -0.4 is 21.8 Å². The van der Waals surface area contributed by atoms with Gasteiger partial charge in [-0.1, -0.05) is 6.07 Å². The summed E-state index contributed by atoms with van der Waals surface area (Å²) in [6.45, 7) is 2.54. The summed E-state index contributed by atoms with van der Waals surface area (Å²) in [4.78, 5) is 45.6. The zero-order valence-corrected chi connectivity index (χ0v) is 24.3. The second-order valence-electron chi connectivity index (χ2n) is 9.48. The Kier molecular flexibility index (Phi) is 9.78. The molecule has 0 saturated heterocycles. The number of rotatable bonds is 11. The number of carbonyl (C=O) groups is 2. The second-order valence-corrected chi connectivity index (χ2v) is 10.3. The maximum atomic E-state index is 13.3. The molecule has 3 amide bonds. The van der Waals surface area contributed by atoms with Crippen LogP contribution in [0.3, 0.4) is 0 Å². The summed E-state index contributed by atoms with van der Waals surface area (Å²) in [6.07, 6.45) is -1.68. The van der Waals surface area contributed by atoms with Gasteiger partial charge in [-0.05, 0) is 42.7 Å². The second kappa shape index (κ2) is 13.3. The van der Waals surface area contributed by atoms with Gasteiger partial charge in [0.2, 0.25) is 5.43 Å². The summed E-state index contributed by atoms with van der Waals surface area (Å²) in [6, 6.07) is 5.61. The van der Waals surface area contributed by atoms with Gasteiger partial charge in [-0.3, -0.25) is 14.9 Å². The maximum absolute atomic E-state index is 13.3. The third kappa shape index (κ3) is 7.18. The minimum atomic E-state index is -4.64. The number of benzene rings is 1. The zero-order valence-electron chi connectivity index (χ0n) is 23.4. The molecule has 11 nitrogen and oxygen atoms in total. The van der Waals surface area contributed by atoms with Gasteiger partial charge in [0.05, 0.1) is 24.8 Å². The number of ether oxygens (including phenoxy) is 2. The molecule has 0 bridgehead atoms. The van der Waals surface area contributed by atoms with Crippen LogP contribution in [0, 0.1) is 0 Å². The van der Waals surface area contributed by atoms with Crippen molar-refractivity contribution < 1.29 is 32.2 Å². The lowest BCUT2D eigenvalue weighted by Crippen LogP contribution is -2.28. The Bertz CT molecular complexity index is 1700. The quantitative estimate of drug-likeness (QED) is 0.228. The van der Waals surface area contributed by atoms with Gasteiger partial charge in [0.15, 0.2) is 5.69 Å². The van der Waals surface area contributed by atoms with Gasteiger partial charge in [0.1, 0.15) is 16.4 Å². The average molecular weight is 619 g/mol. The molecular weight excluding hydrogens is 589 g/mol. The van der Waals surface area contributed by atoms with E-state index in [-0.39, 0.29) is 47.5 Å². The predicted molar refractivity (Wildman–Crippen MR) is 155 cm³/mol. The SMILES string of the molecule is CCNC(=O)Nc1cc(-c2nc(C(F)(F)F)cs2)c(Cc2ccc3c(c2)c(=O)c(C(N)=O)cn3C(COC)COC)cn1. The number of halogens is 3. The number of nitrogens with one attached hydrogen (secondary N) is 2. The van der Waals surface area contributed by atoms with Crippen molar-refractivity contribution in [1.82, 2.24) is 19.9 Å². The largest absolute Gasteiger partial charge is 0.434 e. The molecule has 1 aromatic carbocycles. The summed E-state index contributed by atoms with van der Waals surface area (Å²) in [5.74, 6) is -0.783. The minimum absolute atomic E-state index is 0.0739. The number of alkyl halides is 3. The molecule has 15 heteroatoms. The number of carbonyl (C=O) groups excluding carboxylic acids is 2. The third-order valence-corrected chi connectivity index (χ3v) is 7.33. The number of amides is 3. The lowest BCUT2D eigenvalue weighted by molar-refractivity contribution is -0.140. The van der Waals surface area contributed by atoms with E-state index in [1.54, 1.807) is 29.7 Å². The van der Waals surface area contributed by atoms with Crippen LogP contribution in [0.4, 0.5) is 23.8 Å². The van der Waals surface area contributed by atoms with Gasteiger partial charge < -0.3 is 25.1 Å². The molecule has 0 saturated carbocycles. The number of methoxy groups -OCH3 is 2. The fourth-order valence-electron chi connectivity index (χ4n) is 4.54. The van der Waals surface area contributed by atoms with Crippen LogP contribution in [-0.2, 0) is 22.1 Å². The van der Waals surface area contributed by atoms with Gasteiger partial charge in [0.25, 0.3) is 5.91 Å². The van der Waals surface area contributed by atoms with Crippen molar-refractivity contribution in [3.8, 4) is 10.6 Å². The zero-order chi connectivity index (χ0) is 31.3. The summed E-state index contributed by atoms with van der Waals surface area (Å²) in [5, 5.41) is 6.31. The predicted octanol–water partition coefficient (Wildman–Crippen LogP) is 4.20. The lowest BCUT2D eigenvalue weighted by Gasteiger charge is -2.22. The number of fused-ring (bicyclic) bond motifs is 1. The first kappa shape index (κ1) is 31.6. The van der Waals surface area contributed by atoms with E-state index in [4.69, 9.17) is 15.2 Å². The minimum Gasteiger partial charge on any atom is -0.382 e. The van der Waals surface area contributed by atoms with Crippen molar-refractivity contribution in [2.45, 2.75) is 25.6 Å². The molecule has 0 unspecified atom stereocenters. The Morgan fingerprint density at radius 3 is 2.49 bits per heavy atom. The number of aromatic nitrogens is 3.